The molecule has 1 atom stereocenters. The maximum atomic E-state index is 15.7. The predicted octanol–water partition coefficient (Wildman–Crippen LogP) is 2.52. The van der Waals surface area contributed by atoms with Gasteiger partial charge >= 0.3 is 5.97 Å². The van der Waals surface area contributed by atoms with Gasteiger partial charge in [-0.25, -0.2) is 13.6 Å². The number of morpholine rings is 1. The monoisotopic (exact) mass is 421 g/mol. The third-order valence-electron chi connectivity index (χ3n) is 5.70. The largest absolute Gasteiger partial charge is 0.477 e. The van der Waals surface area contributed by atoms with Crippen LogP contribution in [0, 0.1) is 11.6 Å². The Kier molecular flexibility index (Phi) is 5.75. The Bertz CT molecular complexity index is 1040. The van der Waals surface area contributed by atoms with Gasteiger partial charge in [0, 0.05) is 25.3 Å². The van der Waals surface area contributed by atoms with Crippen molar-refractivity contribution >= 4 is 22.6 Å². The van der Waals surface area contributed by atoms with Gasteiger partial charge in [-0.2, -0.15) is 0 Å². The number of nitrogens with one attached hydrogen (secondary N) is 1. The van der Waals surface area contributed by atoms with Gasteiger partial charge in [0.1, 0.15) is 17.1 Å². The van der Waals surface area contributed by atoms with E-state index in [0.29, 0.717) is 19.7 Å². The molecule has 0 bridgehead atoms. The third-order valence-corrected chi connectivity index (χ3v) is 5.70. The molecule has 2 aromatic rings. The zero-order valence-corrected chi connectivity index (χ0v) is 16.8. The fraction of sp³-hybridized carbons (Fsp3) is 0.524. The number of hydrogen-bond donors (Lipinski definition) is 2. The van der Waals surface area contributed by atoms with Crippen LogP contribution in [0.15, 0.2) is 17.1 Å². The minimum absolute atomic E-state index is 0.0282. The van der Waals surface area contributed by atoms with Crippen LogP contribution in [-0.4, -0.2) is 54.5 Å². The number of ether oxygens (including phenoxy) is 1. The highest BCUT2D eigenvalue weighted by molar-refractivity contribution is 5.94. The van der Waals surface area contributed by atoms with E-state index in [9.17, 15) is 14.7 Å². The van der Waals surface area contributed by atoms with E-state index in [1.165, 1.54) is 10.8 Å². The Hall–Kier alpha value is -2.52. The lowest BCUT2D eigenvalue weighted by atomic mass is 10.1. The van der Waals surface area contributed by atoms with E-state index in [2.05, 4.69) is 5.32 Å². The fourth-order valence-corrected chi connectivity index (χ4v) is 4.05. The van der Waals surface area contributed by atoms with Gasteiger partial charge < -0.3 is 24.6 Å². The van der Waals surface area contributed by atoms with E-state index in [4.69, 9.17) is 4.74 Å². The van der Waals surface area contributed by atoms with Crippen LogP contribution >= 0.6 is 0 Å². The molecule has 1 aliphatic carbocycles. The number of halogens is 2. The number of fused-ring (bicyclic) bond motifs is 1. The molecule has 30 heavy (non-hydrogen) atoms. The summed E-state index contributed by atoms with van der Waals surface area (Å²) in [5, 5.41) is 12.3. The van der Waals surface area contributed by atoms with E-state index in [-0.39, 0.29) is 28.7 Å². The molecule has 0 amide bonds. The van der Waals surface area contributed by atoms with Crippen LogP contribution in [0.3, 0.4) is 0 Å². The zero-order chi connectivity index (χ0) is 21.4. The summed E-state index contributed by atoms with van der Waals surface area (Å²) >= 11 is 0. The molecule has 1 aromatic carbocycles. The number of carbonyl (C=O) groups is 1. The number of benzene rings is 1. The predicted molar refractivity (Wildman–Crippen MR) is 108 cm³/mol. The first-order valence-corrected chi connectivity index (χ1v) is 10.3. The number of aromatic nitrogens is 1. The number of hydrogen-bond acceptors (Lipinski definition) is 5. The van der Waals surface area contributed by atoms with Crippen molar-refractivity contribution in [1.82, 2.24) is 9.88 Å². The molecule has 2 aliphatic rings. The molecule has 1 aromatic heterocycles. The molecule has 162 valence electrons. The number of aromatic carboxylic acids is 1. The second kappa shape index (κ2) is 8.31. The quantitative estimate of drug-likeness (QED) is 0.669. The second-order valence-corrected chi connectivity index (χ2v) is 7.81. The zero-order valence-electron chi connectivity index (χ0n) is 16.8. The molecule has 4 rings (SSSR count). The average molecular weight is 421 g/mol. The smallest absolute Gasteiger partial charge is 0.341 e. The SMILES string of the molecule is CCNCCC1CN(c2c(F)cc3c(=O)c(C(=O)O)cn(C4CC4)c3c2F)CCO1. The summed E-state index contributed by atoms with van der Waals surface area (Å²) in [5.41, 5.74) is -1.56. The van der Waals surface area contributed by atoms with E-state index in [1.807, 2.05) is 6.92 Å². The van der Waals surface area contributed by atoms with Gasteiger partial charge in [0.25, 0.3) is 0 Å². The summed E-state index contributed by atoms with van der Waals surface area (Å²) < 4.78 is 37.9. The van der Waals surface area contributed by atoms with Crippen molar-refractivity contribution in [3.05, 3.63) is 39.7 Å². The van der Waals surface area contributed by atoms with Crippen molar-refractivity contribution < 1.29 is 23.4 Å². The van der Waals surface area contributed by atoms with Crippen LogP contribution in [0.5, 0.6) is 0 Å². The number of anilines is 1. The van der Waals surface area contributed by atoms with E-state index < -0.39 is 28.6 Å². The lowest BCUT2D eigenvalue weighted by molar-refractivity contribution is 0.0351. The topological polar surface area (TPSA) is 83.8 Å². The van der Waals surface area contributed by atoms with E-state index in [0.717, 1.165) is 38.4 Å². The maximum absolute atomic E-state index is 15.7. The minimum Gasteiger partial charge on any atom is -0.477 e. The van der Waals surface area contributed by atoms with Gasteiger partial charge in [-0.15, -0.1) is 0 Å². The molecule has 2 heterocycles. The Labute approximate surface area is 172 Å². The van der Waals surface area contributed by atoms with Crippen molar-refractivity contribution in [2.75, 3.05) is 37.7 Å². The van der Waals surface area contributed by atoms with Crippen LogP contribution in [0.2, 0.25) is 0 Å². The molecule has 1 saturated carbocycles. The van der Waals surface area contributed by atoms with Crippen LogP contribution in [0.4, 0.5) is 14.5 Å². The minimum atomic E-state index is -1.40. The lowest BCUT2D eigenvalue weighted by Gasteiger charge is -2.35. The number of pyridine rings is 1. The van der Waals surface area contributed by atoms with Crippen molar-refractivity contribution in [3.8, 4) is 0 Å². The van der Waals surface area contributed by atoms with Crippen LogP contribution in [-0.2, 0) is 4.74 Å². The Balaban J connectivity index is 1.78. The van der Waals surface area contributed by atoms with Gasteiger partial charge in [-0.1, -0.05) is 6.92 Å². The Morgan fingerprint density at radius 1 is 1.37 bits per heavy atom. The molecule has 1 saturated heterocycles. The Morgan fingerprint density at radius 3 is 2.80 bits per heavy atom. The van der Waals surface area contributed by atoms with E-state index >= 15 is 8.78 Å². The summed E-state index contributed by atoms with van der Waals surface area (Å²) in [6, 6.07) is 0.890. The molecule has 2 N–H and O–H groups in total. The summed E-state index contributed by atoms with van der Waals surface area (Å²) in [6.45, 7) is 4.60. The summed E-state index contributed by atoms with van der Waals surface area (Å²) in [6.07, 6.45) is 3.26. The van der Waals surface area contributed by atoms with Crippen molar-refractivity contribution in [3.63, 3.8) is 0 Å². The first-order chi connectivity index (χ1) is 14.4. The summed E-state index contributed by atoms with van der Waals surface area (Å²) in [7, 11) is 0. The molecular formula is C21H25F2N3O4. The highest BCUT2D eigenvalue weighted by Crippen LogP contribution is 2.39. The van der Waals surface area contributed by atoms with Crippen molar-refractivity contribution in [1.29, 1.82) is 0 Å². The highest BCUT2D eigenvalue weighted by Gasteiger charge is 2.32. The third kappa shape index (κ3) is 3.79. The van der Waals surface area contributed by atoms with Crippen LogP contribution in [0.1, 0.15) is 42.6 Å². The first-order valence-electron chi connectivity index (χ1n) is 10.3. The standard InChI is InChI=1S/C21H25F2N3O4/c1-2-24-6-5-13-10-25(7-8-30-13)19-16(22)9-14-18(17(19)23)26(12-3-4-12)11-15(20(14)27)21(28)29/h9,11-13,24H,2-8,10H2,1H3,(H,28,29). The molecule has 1 unspecified atom stereocenters. The first kappa shape index (κ1) is 20.7. The second-order valence-electron chi connectivity index (χ2n) is 7.81. The van der Waals surface area contributed by atoms with Crippen LogP contribution in [0.25, 0.3) is 10.9 Å². The number of nitrogens with zero attached hydrogens (tertiary/aromatic N) is 2. The normalized spacial score (nSPS) is 19.4. The average Bonchev–Trinajstić information content (AvgIpc) is 3.54. The molecule has 1 aliphatic heterocycles. The fourth-order valence-electron chi connectivity index (χ4n) is 4.05. The summed E-state index contributed by atoms with van der Waals surface area (Å²) in [4.78, 5) is 25.7. The number of rotatable bonds is 7. The van der Waals surface area contributed by atoms with Gasteiger partial charge in [0.15, 0.2) is 5.82 Å². The maximum Gasteiger partial charge on any atom is 0.341 e. The molecular weight excluding hydrogens is 396 g/mol. The molecule has 2 fully saturated rings. The molecule has 7 nitrogen and oxygen atoms in total. The van der Waals surface area contributed by atoms with Gasteiger partial charge in [-0.05, 0) is 38.4 Å². The van der Waals surface area contributed by atoms with Crippen molar-refractivity contribution in [2.24, 2.45) is 0 Å². The lowest BCUT2D eigenvalue weighted by Crippen LogP contribution is -2.44. The van der Waals surface area contributed by atoms with Gasteiger partial charge in [0.05, 0.1) is 23.6 Å². The van der Waals surface area contributed by atoms with Gasteiger partial charge in [0.2, 0.25) is 5.43 Å². The van der Waals surface area contributed by atoms with Gasteiger partial charge in [-0.3, -0.25) is 4.79 Å². The Morgan fingerprint density at radius 2 is 2.13 bits per heavy atom. The number of carboxylic acid groups (broad SMARTS) is 1. The van der Waals surface area contributed by atoms with Crippen molar-refractivity contribution in [2.45, 2.75) is 38.3 Å². The molecule has 0 spiro atoms. The summed E-state index contributed by atoms with van der Waals surface area (Å²) in [5.74, 6) is -3.09. The molecule has 0 radical (unpaired) electrons. The molecule has 9 heteroatoms. The number of carboxylic acids is 1. The van der Waals surface area contributed by atoms with Crippen LogP contribution < -0.4 is 15.6 Å². The highest BCUT2D eigenvalue weighted by atomic mass is 19.1. The van der Waals surface area contributed by atoms with E-state index in [1.54, 1.807) is 4.90 Å².